The van der Waals surface area contributed by atoms with E-state index < -0.39 is 0 Å². The standard InChI is InChI=1S/C21H27N3O2/c1-4-21-10-9-20(13-21,14-26-21)19(25)23-18-7-5-17(6-8-18)15(2)24-12-11-22-16(24)3/h5-8,11-12,15H,4,9-10,13-14H2,1-3H3,(H,23,25)/t15-,20-,21+/m0/s1. The predicted octanol–water partition coefficient (Wildman–Crippen LogP) is 4.09. The Morgan fingerprint density at radius 1 is 1.35 bits per heavy atom. The molecule has 1 N–H and O–H groups in total. The first-order chi connectivity index (χ1) is 12.5. The van der Waals surface area contributed by atoms with Crippen LogP contribution in [0.15, 0.2) is 36.7 Å². The highest BCUT2D eigenvalue weighted by molar-refractivity contribution is 5.96. The normalized spacial score (nSPS) is 28.3. The second-order valence-corrected chi connectivity index (χ2v) is 7.92. The number of carbonyl (C=O) groups is 1. The quantitative estimate of drug-likeness (QED) is 0.881. The van der Waals surface area contributed by atoms with Gasteiger partial charge in [0.15, 0.2) is 0 Å². The lowest BCUT2D eigenvalue weighted by atomic mass is 9.86. The number of imidazole rings is 1. The minimum atomic E-state index is -0.337. The molecule has 2 bridgehead atoms. The summed E-state index contributed by atoms with van der Waals surface area (Å²) >= 11 is 0. The Balaban J connectivity index is 1.45. The number of aryl methyl sites for hydroxylation is 1. The van der Waals surface area contributed by atoms with Crippen LogP contribution < -0.4 is 5.32 Å². The Labute approximate surface area is 154 Å². The van der Waals surface area contributed by atoms with E-state index in [0.29, 0.717) is 6.61 Å². The van der Waals surface area contributed by atoms with Gasteiger partial charge in [-0.15, -0.1) is 0 Å². The number of fused-ring (bicyclic) bond motifs is 2. The van der Waals surface area contributed by atoms with Gasteiger partial charge in [0.05, 0.1) is 23.7 Å². The van der Waals surface area contributed by atoms with Crippen LogP contribution in [-0.2, 0) is 9.53 Å². The van der Waals surface area contributed by atoms with Crippen LogP contribution in [0.2, 0.25) is 0 Å². The van der Waals surface area contributed by atoms with Gasteiger partial charge in [0, 0.05) is 18.1 Å². The lowest BCUT2D eigenvalue weighted by Gasteiger charge is -2.27. The van der Waals surface area contributed by atoms with Crippen molar-refractivity contribution in [3.05, 3.63) is 48.0 Å². The van der Waals surface area contributed by atoms with Gasteiger partial charge in [-0.1, -0.05) is 19.1 Å². The van der Waals surface area contributed by atoms with E-state index in [1.54, 1.807) is 0 Å². The molecule has 0 spiro atoms. The molecule has 5 nitrogen and oxygen atoms in total. The Bertz CT molecular complexity index is 801. The zero-order valence-electron chi connectivity index (χ0n) is 15.8. The fourth-order valence-electron chi connectivity index (χ4n) is 4.53. The van der Waals surface area contributed by atoms with Gasteiger partial charge in [0.2, 0.25) is 5.91 Å². The molecule has 1 aromatic carbocycles. The summed E-state index contributed by atoms with van der Waals surface area (Å²) in [6.45, 7) is 6.87. The first kappa shape index (κ1) is 17.3. The molecule has 1 aromatic heterocycles. The maximum Gasteiger partial charge on any atom is 0.233 e. The van der Waals surface area contributed by atoms with Crippen molar-refractivity contribution < 1.29 is 9.53 Å². The second kappa shape index (κ2) is 6.23. The zero-order valence-corrected chi connectivity index (χ0v) is 15.8. The van der Waals surface area contributed by atoms with Gasteiger partial charge < -0.3 is 14.6 Å². The van der Waals surface area contributed by atoms with Crippen molar-refractivity contribution in [1.29, 1.82) is 0 Å². The Hall–Kier alpha value is -2.14. The van der Waals surface area contributed by atoms with E-state index in [4.69, 9.17) is 4.74 Å². The first-order valence-corrected chi connectivity index (χ1v) is 9.52. The molecule has 2 fully saturated rings. The van der Waals surface area contributed by atoms with E-state index in [0.717, 1.165) is 37.2 Å². The molecule has 26 heavy (non-hydrogen) atoms. The summed E-state index contributed by atoms with van der Waals surface area (Å²) in [7, 11) is 0. The van der Waals surface area contributed by atoms with Crippen LogP contribution in [0, 0.1) is 12.3 Å². The molecule has 1 aliphatic carbocycles. The van der Waals surface area contributed by atoms with Crippen molar-refractivity contribution in [2.75, 3.05) is 11.9 Å². The van der Waals surface area contributed by atoms with Crippen LogP contribution >= 0.6 is 0 Å². The van der Waals surface area contributed by atoms with E-state index in [-0.39, 0.29) is 23.0 Å². The van der Waals surface area contributed by atoms with Crippen LogP contribution in [0.3, 0.4) is 0 Å². The summed E-state index contributed by atoms with van der Waals surface area (Å²) in [6, 6.07) is 8.35. The summed E-state index contributed by atoms with van der Waals surface area (Å²) in [5.74, 6) is 1.10. The van der Waals surface area contributed by atoms with Gasteiger partial charge >= 0.3 is 0 Å². The average molecular weight is 353 g/mol. The summed E-state index contributed by atoms with van der Waals surface area (Å²) in [6.07, 6.45) is 7.59. The molecular weight excluding hydrogens is 326 g/mol. The highest BCUT2D eigenvalue weighted by Crippen LogP contribution is 2.54. The van der Waals surface area contributed by atoms with E-state index in [2.05, 4.69) is 40.8 Å². The molecule has 5 heteroatoms. The average Bonchev–Trinajstić information content (AvgIpc) is 3.36. The maximum absolute atomic E-state index is 12.9. The fraction of sp³-hybridized carbons (Fsp3) is 0.524. The van der Waals surface area contributed by atoms with Gasteiger partial charge in [-0.3, -0.25) is 4.79 Å². The van der Waals surface area contributed by atoms with Crippen LogP contribution in [0.4, 0.5) is 5.69 Å². The molecule has 1 saturated carbocycles. The molecule has 1 aliphatic heterocycles. The number of benzene rings is 1. The number of nitrogens with zero attached hydrogens (tertiary/aromatic N) is 2. The van der Waals surface area contributed by atoms with E-state index in [1.165, 1.54) is 5.56 Å². The van der Waals surface area contributed by atoms with E-state index >= 15 is 0 Å². The van der Waals surface area contributed by atoms with Crippen molar-refractivity contribution in [2.24, 2.45) is 5.41 Å². The van der Waals surface area contributed by atoms with E-state index in [1.807, 2.05) is 31.5 Å². The Morgan fingerprint density at radius 3 is 2.65 bits per heavy atom. The second-order valence-electron chi connectivity index (χ2n) is 7.92. The third kappa shape index (κ3) is 2.75. The number of ether oxygens (including phenoxy) is 1. The summed E-state index contributed by atoms with van der Waals surface area (Å²) in [5.41, 5.74) is 1.65. The van der Waals surface area contributed by atoms with Gasteiger partial charge in [0.25, 0.3) is 0 Å². The van der Waals surface area contributed by atoms with Crippen LogP contribution in [0.5, 0.6) is 0 Å². The minimum absolute atomic E-state index is 0.0563. The summed E-state index contributed by atoms with van der Waals surface area (Å²) < 4.78 is 8.13. The largest absolute Gasteiger partial charge is 0.374 e. The molecule has 1 saturated heterocycles. The SMILES string of the molecule is CC[C@]12CC[C@@](C(=O)Nc3ccc([C@H](C)n4ccnc4C)cc3)(CO1)C2. The first-order valence-electron chi connectivity index (χ1n) is 9.52. The third-order valence-electron chi connectivity index (χ3n) is 6.43. The van der Waals surface area contributed by atoms with E-state index in [9.17, 15) is 4.79 Å². The fourth-order valence-corrected chi connectivity index (χ4v) is 4.53. The van der Waals surface area contributed by atoms with Crippen molar-refractivity contribution >= 4 is 11.6 Å². The highest BCUT2D eigenvalue weighted by Gasteiger charge is 2.58. The molecule has 138 valence electrons. The molecule has 0 radical (unpaired) electrons. The van der Waals surface area contributed by atoms with Crippen molar-refractivity contribution in [3.8, 4) is 0 Å². The van der Waals surface area contributed by atoms with Gasteiger partial charge in [-0.2, -0.15) is 0 Å². The number of carbonyl (C=O) groups excluding carboxylic acids is 1. The third-order valence-corrected chi connectivity index (χ3v) is 6.43. The summed E-state index contributed by atoms with van der Waals surface area (Å²) in [4.78, 5) is 17.2. The van der Waals surface area contributed by atoms with Gasteiger partial charge in [-0.05, 0) is 57.2 Å². The van der Waals surface area contributed by atoms with Crippen molar-refractivity contribution in [1.82, 2.24) is 9.55 Å². The van der Waals surface area contributed by atoms with Crippen molar-refractivity contribution in [2.45, 2.75) is 58.1 Å². The number of anilines is 1. The molecule has 4 rings (SSSR count). The Kier molecular flexibility index (Phi) is 4.14. The molecule has 2 aliphatic rings. The highest BCUT2D eigenvalue weighted by atomic mass is 16.5. The maximum atomic E-state index is 12.9. The number of hydrogen-bond donors (Lipinski definition) is 1. The Morgan fingerprint density at radius 2 is 2.12 bits per heavy atom. The molecule has 0 unspecified atom stereocenters. The number of rotatable bonds is 5. The van der Waals surface area contributed by atoms with Crippen LogP contribution in [0.25, 0.3) is 0 Å². The number of amides is 1. The van der Waals surface area contributed by atoms with Crippen LogP contribution in [-0.4, -0.2) is 27.7 Å². The lowest BCUT2D eigenvalue weighted by molar-refractivity contribution is -0.127. The molecule has 2 aromatic rings. The minimum Gasteiger partial charge on any atom is -0.374 e. The molecular formula is C21H27N3O2. The monoisotopic (exact) mass is 353 g/mol. The van der Waals surface area contributed by atoms with Gasteiger partial charge in [-0.25, -0.2) is 4.98 Å². The van der Waals surface area contributed by atoms with Crippen LogP contribution in [0.1, 0.15) is 57.0 Å². The van der Waals surface area contributed by atoms with Crippen molar-refractivity contribution in [3.63, 3.8) is 0 Å². The number of hydrogen-bond acceptors (Lipinski definition) is 3. The summed E-state index contributed by atoms with van der Waals surface area (Å²) in [5, 5.41) is 3.12. The molecule has 1 amide bonds. The molecule has 3 atom stereocenters. The topological polar surface area (TPSA) is 56.2 Å². The zero-order chi connectivity index (χ0) is 18.4. The smallest absolute Gasteiger partial charge is 0.233 e. The predicted molar refractivity (Wildman–Crippen MR) is 101 cm³/mol. The van der Waals surface area contributed by atoms with Gasteiger partial charge in [0.1, 0.15) is 5.82 Å². The lowest BCUT2D eigenvalue weighted by Crippen LogP contribution is -2.35. The number of aromatic nitrogens is 2. The number of nitrogens with one attached hydrogen (secondary N) is 1. The molecule has 2 heterocycles.